The zero-order valence-corrected chi connectivity index (χ0v) is 10.7. The summed E-state index contributed by atoms with van der Waals surface area (Å²) < 4.78 is 0. The van der Waals surface area contributed by atoms with Crippen LogP contribution in [-0.2, 0) is 11.4 Å². The van der Waals surface area contributed by atoms with Gasteiger partial charge in [0.1, 0.15) is 5.82 Å². The number of carbonyl (C=O) groups excluding carboxylic acids is 1. The zero-order valence-electron chi connectivity index (χ0n) is 10.7. The van der Waals surface area contributed by atoms with Gasteiger partial charge in [0.2, 0.25) is 5.91 Å². The summed E-state index contributed by atoms with van der Waals surface area (Å²) in [5.41, 5.74) is 1.49. The van der Waals surface area contributed by atoms with Gasteiger partial charge in [-0.1, -0.05) is 36.4 Å². The molecule has 4 nitrogen and oxygen atoms in total. The maximum Gasteiger partial charge on any atom is 0.232 e. The summed E-state index contributed by atoms with van der Waals surface area (Å²) in [6.45, 7) is 1.71. The molecular weight excluding hydrogens is 240 g/mol. The van der Waals surface area contributed by atoms with Gasteiger partial charge in [-0.25, -0.2) is 4.98 Å². The number of aromatic nitrogens is 1. The molecule has 1 aromatic heterocycles. The molecule has 0 spiro atoms. The van der Waals surface area contributed by atoms with Crippen LogP contribution in [0.2, 0.25) is 0 Å². The van der Waals surface area contributed by atoms with Gasteiger partial charge in [-0.15, -0.1) is 0 Å². The molecule has 2 rings (SSSR count). The molecule has 0 saturated heterocycles. The van der Waals surface area contributed by atoms with Crippen molar-refractivity contribution >= 4 is 11.7 Å². The highest BCUT2D eigenvalue weighted by atomic mass is 16.3. The Labute approximate surface area is 112 Å². The minimum absolute atomic E-state index is 0.117. The average Bonchev–Trinajstić information content (AvgIpc) is 2.47. The first kappa shape index (κ1) is 13.2. The van der Waals surface area contributed by atoms with Crippen molar-refractivity contribution in [2.24, 2.45) is 0 Å². The van der Waals surface area contributed by atoms with E-state index in [1.807, 2.05) is 37.3 Å². The van der Waals surface area contributed by atoms with E-state index >= 15 is 0 Å². The number of hydrogen-bond donors (Lipinski definition) is 2. The number of nitrogens with one attached hydrogen (secondary N) is 1. The Hall–Kier alpha value is -2.20. The lowest BCUT2D eigenvalue weighted by Crippen LogP contribution is -2.19. The topological polar surface area (TPSA) is 62.2 Å². The molecule has 0 aliphatic heterocycles. The maximum absolute atomic E-state index is 12.1. The van der Waals surface area contributed by atoms with E-state index in [9.17, 15) is 4.79 Å². The second-order valence-electron chi connectivity index (χ2n) is 4.29. The summed E-state index contributed by atoms with van der Waals surface area (Å²) in [7, 11) is 0. The highest BCUT2D eigenvalue weighted by Gasteiger charge is 2.15. The standard InChI is InChI=1S/C15H16N2O2/c1-11(12-6-3-2-4-7-12)15(19)17-14-9-5-8-13(10-18)16-14/h2-9,11,18H,10H2,1H3,(H,16,17,19)/t11-/m0/s1. The van der Waals surface area contributed by atoms with Gasteiger partial charge in [-0.2, -0.15) is 0 Å². The molecular formula is C15H16N2O2. The van der Waals surface area contributed by atoms with Crippen LogP contribution in [0.25, 0.3) is 0 Å². The van der Waals surface area contributed by atoms with Gasteiger partial charge in [-0.3, -0.25) is 4.79 Å². The molecule has 0 bridgehead atoms. The number of carbonyl (C=O) groups is 1. The third-order valence-corrected chi connectivity index (χ3v) is 2.91. The monoisotopic (exact) mass is 256 g/mol. The summed E-state index contributed by atoms with van der Waals surface area (Å²) in [6.07, 6.45) is 0. The van der Waals surface area contributed by atoms with Crippen LogP contribution in [0.5, 0.6) is 0 Å². The van der Waals surface area contributed by atoms with Crippen molar-refractivity contribution in [1.29, 1.82) is 0 Å². The molecule has 0 unspecified atom stereocenters. The van der Waals surface area contributed by atoms with Crippen molar-refractivity contribution in [2.75, 3.05) is 5.32 Å². The molecule has 1 heterocycles. The van der Waals surface area contributed by atoms with E-state index in [1.165, 1.54) is 0 Å². The maximum atomic E-state index is 12.1. The molecule has 98 valence electrons. The first-order valence-electron chi connectivity index (χ1n) is 6.13. The molecule has 0 saturated carbocycles. The summed E-state index contributed by atoms with van der Waals surface area (Å²) >= 11 is 0. The third kappa shape index (κ3) is 3.39. The summed E-state index contributed by atoms with van der Waals surface area (Å²) in [5, 5.41) is 11.8. The van der Waals surface area contributed by atoms with E-state index in [4.69, 9.17) is 5.11 Å². The highest BCUT2D eigenvalue weighted by molar-refractivity contribution is 5.94. The first-order valence-corrected chi connectivity index (χ1v) is 6.13. The quantitative estimate of drug-likeness (QED) is 0.882. The Morgan fingerprint density at radius 2 is 1.95 bits per heavy atom. The summed E-state index contributed by atoms with van der Waals surface area (Å²) in [5.74, 6) is 0.0916. The molecule has 0 aliphatic rings. The fourth-order valence-electron chi connectivity index (χ4n) is 1.76. The smallest absolute Gasteiger partial charge is 0.232 e. The van der Waals surface area contributed by atoms with Gasteiger partial charge in [0.25, 0.3) is 0 Å². The van der Waals surface area contributed by atoms with E-state index in [1.54, 1.807) is 18.2 Å². The molecule has 1 aromatic carbocycles. The van der Waals surface area contributed by atoms with Crippen LogP contribution in [0, 0.1) is 0 Å². The predicted molar refractivity (Wildman–Crippen MR) is 73.6 cm³/mol. The molecule has 1 atom stereocenters. The predicted octanol–water partition coefficient (Wildman–Crippen LogP) is 2.32. The van der Waals surface area contributed by atoms with Gasteiger partial charge in [0.05, 0.1) is 18.2 Å². The molecule has 0 fully saturated rings. The third-order valence-electron chi connectivity index (χ3n) is 2.91. The second kappa shape index (κ2) is 6.11. The number of rotatable bonds is 4. The van der Waals surface area contributed by atoms with Crippen molar-refractivity contribution in [3.8, 4) is 0 Å². The number of hydrogen-bond acceptors (Lipinski definition) is 3. The Bertz CT molecular complexity index is 555. The number of benzene rings is 1. The lowest BCUT2D eigenvalue weighted by atomic mass is 10.0. The highest BCUT2D eigenvalue weighted by Crippen LogP contribution is 2.16. The fourth-order valence-corrected chi connectivity index (χ4v) is 1.76. The van der Waals surface area contributed by atoms with Crippen molar-refractivity contribution in [3.63, 3.8) is 0 Å². The van der Waals surface area contributed by atoms with E-state index in [2.05, 4.69) is 10.3 Å². The largest absolute Gasteiger partial charge is 0.390 e. The minimum Gasteiger partial charge on any atom is -0.390 e. The van der Waals surface area contributed by atoms with Crippen LogP contribution >= 0.6 is 0 Å². The number of nitrogens with zero attached hydrogens (tertiary/aromatic N) is 1. The summed E-state index contributed by atoms with van der Waals surface area (Å²) in [6, 6.07) is 14.7. The summed E-state index contributed by atoms with van der Waals surface area (Å²) in [4.78, 5) is 16.2. The van der Waals surface area contributed by atoms with Crippen LogP contribution in [0.1, 0.15) is 24.1 Å². The molecule has 2 N–H and O–H groups in total. The molecule has 4 heteroatoms. The van der Waals surface area contributed by atoms with Crippen LogP contribution in [-0.4, -0.2) is 16.0 Å². The van der Waals surface area contributed by atoms with E-state index in [-0.39, 0.29) is 18.4 Å². The lowest BCUT2D eigenvalue weighted by molar-refractivity contribution is -0.117. The second-order valence-corrected chi connectivity index (χ2v) is 4.29. The van der Waals surface area contributed by atoms with Crippen LogP contribution in [0.15, 0.2) is 48.5 Å². The van der Waals surface area contributed by atoms with Gasteiger partial charge in [0.15, 0.2) is 0 Å². The Morgan fingerprint density at radius 1 is 1.21 bits per heavy atom. The average molecular weight is 256 g/mol. The van der Waals surface area contributed by atoms with Gasteiger partial charge < -0.3 is 10.4 Å². The van der Waals surface area contributed by atoms with Crippen molar-refractivity contribution in [3.05, 3.63) is 59.8 Å². The Balaban J connectivity index is 2.08. The number of aliphatic hydroxyl groups excluding tert-OH is 1. The molecule has 1 amide bonds. The number of anilines is 1. The zero-order chi connectivity index (χ0) is 13.7. The SMILES string of the molecule is C[C@H](C(=O)Nc1cccc(CO)n1)c1ccccc1. The number of pyridine rings is 1. The van der Waals surface area contributed by atoms with Crippen LogP contribution in [0.3, 0.4) is 0 Å². The number of amides is 1. The fraction of sp³-hybridized carbons (Fsp3) is 0.200. The lowest BCUT2D eigenvalue weighted by Gasteiger charge is -2.12. The first-order chi connectivity index (χ1) is 9.20. The van der Waals surface area contributed by atoms with E-state index in [0.29, 0.717) is 11.5 Å². The Kier molecular flexibility index (Phi) is 4.26. The Morgan fingerprint density at radius 3 is 2.63 bits per heavy atom. The van der Waals surface area contributed by atoms with Crippen LogP contribution < -0.4 is 5.32 Å². The van der Waals surface area contributed by atoms with Gasteiger partial charge >= 0.3 is 0 Å². The van der Waals surface area contributed by atoms with E-state index < -0.39 is 0 Å². The van der Waals surface area contributed by atoms with Gasteiger partial charge in [-0.05, 0) is 24.6 Å². The van der Waals surface area contributed by atoms with Crippen molar-refractivity contribution in [1.82, 2.24) is 4.98 Å². The van der Waals surface area contributed by atoms with Crippen molar-refractivity contribution < 1.29 is 9.90 Å². The molecule has 0 aliphatic carbocycles. The van der Waals surface area contributed by atoms with Crippen LogP contribution in [0.4, 0.5) is 5.82 Å². The molecule has 0 radical (unpaired) electrons. The molecule has 19 heavy (non-hydrogen) atoms. The normalized spacial score (nSPS) is 11.9. The number of aliphatic hydroxyl groups is 1. The van der Waals surface area contributed by atoms with E-state index in [0.717, 1.165) is 5.56 Å². The van der Waals surface area contributed by atoms with Crippen molar-refractivity contribution in [2.45, 2.75) is 19.4 Å². The molecule has 2 aromatic rings. The van der Waals surface area contributed by atoms with Gasteiger partial charge in [0, 0.05) is 0 Å². The minimum atomic E-state index is -0.249.